The lowest BCUT2D eigenvalue weighted by Crippen LogP contribution is -3.00. The monoisotopic (exact) mass is 261 g/mol. The van der Waals surface area contributed by atoms with Gasteiger partial charge in [0, 0.05) is 13.2 Å². The Balaban J connectivity index is 0.00000120. The molecular weight excluding hydrogens is 246 g/mol. The summed E-state index contributed by atoms with van der Waals surface area (Å²) < 4.78 is 6.63. The second-order valence-electron chi connectivity index (χ2n) is 4.43. The van der Waals surface area contributed by atoms with Gasteiger partial charge in [-0.05, 0) is 24.3 Å². The maximum Gasteiger partial charge on any atom is 0.306 e. The standard InChI is InChI=1S/C14H16N3.ClH/c1-15-10-6-9-13(15)14-16(2)11-7-4-5-8-12(11)17(14)3;/h4-10H,1-3H3;1H/q+1;/p-1. The van der Waals surface area contributed by atoms with Gasteiger partial charge in [-0.1, -0.05) is 12.1 Å². The van der Waals surface area contributed by atoms with Gasteiger partial charge in [-0.2, -0.15) is 0 Å². The summed E-state index contributed by atoms with van der Waals surface area (Å²) in [6.45, 7) is 0. The molecule has 18 heavy (non-hydrogen) atoms. The van der Waals surface area contributed by atoms with E-state index < -0.39 is 0 Å². The minimum atomic E-state index is 0. The Hall–Kier alpha value is -1.74. The molecule has 3 aromatic rings. The Kier molecular flexibility index (Phi) is 3.18. The molecule has 0 aliphatic rings. The van der Waals surface area contributed by atoms with Crippen LogP contribution in [0.5, 0.6) is 0 Å². The van der Waals surface area contributed by atoms with E-state index in [1.807, 2.05) is 0 Å². The van der Waals surface area contributed by atoms with E-state index in [2.05, 4.69) is 77.4 Å². The molecule has 0 N–H and O–H groups in total. The van der Waals surface area contributed by atoms with Crippen LogP contribution < -0.4 is 17.0 Å². The van der Waals surface area contributed by atoms with E-state index in [1.165, 1.54) is 22.6 Å². The predicted octanol–water partition coefficient (Wildman–Crippen LogP) is -0.988. The van der Waals surface area contributed by atoms with Crippen molar-refractivity contribution in [1.82, 2.24) is 9.13 Å². The zero-order valence-electron chi connectivity index (χ0n) is 10.8. The van der Waals surface area contributed by atoms with Gasteiger partial charge in [0.25, 0.3) is 0 Å². The van der Waals surface area contributed by atoms with Crippen LogP contribution in [0, 0.1) is 0 Å². The molecule has 3 rings (SSSR count). The average molecular weight is 262 g/mol. The quantitative estimate of drug-likeness (QED) is 0.500. The summed E-state index contributed by atoms with van der Waals surface area (Å²) in [7, 11) is 6.31. The van der Waals surface area contributed by atoms with Crippen molar-refractivity contribution in [3.63, 3.8) is 0 Å². The number of aromatic nitrogens is 3. The van der Waals surface area contributed by atoms with Crippen LogP contribution in [0.4, 0.5) is 0 Å². The highest BCUT2D eigenvalue weighted by molar-refractivity contribution is 5.75. The Morgan fingerprint density at radius 2 is 1.72 bits per heavy atom. The molecular formula is C14H16ClN3. The summed E-state index contributed by atoms with van der Waals surface area (Å²) >= 11 is 0. The number of aryl methyl sites for hydroxylation is 3. The molecule has 0 unspecified atom stereocenters. The van der Waals surface area contributed by atoms with Crippen LogP contribution in [-0.2, 0) is 21.1 Å². The molecule has 0 radical (unpaired) electrons. The Morgan fingerprint density at radius 1 is 1.00 bits per heavy atom. The molecule has 0 saturated carbocycles. The van der Waals surface area contributed by atoms with Crippen molar-refractivity contribution in [2.45, 2.75) is 0 Å². The second kappa shape index (κ2) is 4.50. The smallest absolute Gasteiger partial charge is 0.306 e. The fourth-order valence-electron chi connectivity index (χ4n) is 2.52. The third-order valence-electron chi connectivity index (χ3n) is 3.41. The van der Waals surface area contributed by atoms with E-state index in [1.54, 1.807) is 0 Å². The molecule has 2 aromatic heterocycles. The second-order valence-corrected chi connectivity index (χ2v) is 4.43. The van der Waals surface area contributed by atoms with Crippen LogP contribution in [0.1, 0.15) is 0 Å². The predicted molar refractivity (Wildman–Crippen MR) is 68.5 cm³/mol. The number of fused-ring (bicyclic) bond motifs is 1. The Bertz CT molecular complexity index is 655. The molecule has 2 heterocycles. The van der Waals surface area contributed by atoms with Crippen molar-refractivity contribution in [1.29, 1.82) is 0 Å². The average Bonchev–Trinajstić information content (AvgIpc) is 2.84. The largest absolute Gasteiger partial charge is 1.00 e. The minimum absolute atomic E-state index is 0. The molecule has 94 valence electrons. The maximum absolute atomic E-state index is 2.24. The highest BCUT2D eigenvalue weighted by Gasteiger charge is 2.22. The van der Waals surface area contributed by atoms with E-state index in [-0.39, 0.29) is 12.4 Å². The number of hydrogen-bond acceptors (Lipinski definition) is 0. The van der Waals surface area contributed by atoms with Crippen molar-refractivity contribution < 1.29 is 17.0 Å². The summed E-state index contributed by atoms with van der Waals surface area (Å²) in [6.07, 6.45) is 2.08. The lowest BCUT2D eigenvalue weighted by Gasteiger charge is -2.00. The molecule has 1 aromatic carbocycles. The molecule has 0 fully saturated rings. The van der Waals surface area contributed by atoms with Gasteiger partial charge < -0.3 is 17.0 Å². The third-order valence-corrected chi connectivity index (χ3v) is 3.41. The first-order valence-corrected chi connectivity index (χ1v) is 5.75. The van der Waals surface area contributed by atoms with Crippen LogP contribution in [0.25, 0.3) is 22.6 Å². The zero-order chi connectivity index (χ0) is 12.0. The normalized spacial score (nSPS) is 10.6. The summed E-state index contributed by atoms with van der Waals surface area (Å²) in [6, 6.07) is 12.7. The van der Waals surface area contributed by atoms with Crippen LogP contribution in [0.3, 0.4) is 0 Å². The Morgan fingerprint density at radius 3 is 2.33 bits per heavy atom. The molecule has 3 nitrogen and oxygen atoms in total. The lowest BCUT2D eigenvalue weighted by molar-refractivity contribution is -0.634. The van der Waals surface area contributed by atoms with Crippen LogP contribution in [-0.4, -0.2) is 9.13 Å². The zero-order valence-corrected chi connectivity index (χ0v) is 11.5. The van der Waals surface area contributed by atoms with E-state index in [0.29, 0.717) is 0 Å². The summed E-state index contributed by atoms with van der Waals surface area (Å²) in [5, 5.41) is 0. The molecule has 0 spiro atoms. The van der Waals surface area contributed by atoms with Crippen molar-refractivity contribution in [2.24, 2.45) is 21.1 Å². The van der Waals surface area contributed by atoms with Gasteiger partial charge in [0.1, 0.15) is 5.69 Å². The third kappa shape index (κ3) is 1.63. The molecule has 0 aliphatic heterocycles. The van der Waals surface area contributed by atoms with Gasteiger partial charge in [-0.25, -0.2) is 9.13 Å². The molecule has 4 heteroatoms. The van der Waals surface area contributed by atoms with Gasteiger partial charge in [0.2, 0.25) is 0 Å². The maximum atomic E-state index is 2.24. The Labute approximate surface area is 113 Å². The summed E-state index contributed by atoms with van der Waals surface area (Å²) in [5.41, 5.74) is 3.74. The highest BCUT2D eigenvalue weighted by atomic mass is 35.5. The van der Waals surface area contributed by atoms with Crippen molar-refractivity contribution >= 4 is 11.0 Å². The number of rotatable bonds is 1. The fraction of sp³-hybridized carbons (Fsp3) is 0.214. The van der Waals surface area contributed by atoms with E-state index in [4.69, 9.17) is 0 Å². The summed E-state index contributed by atoms with van der Waals surface area (Å²) in [4.78, 5) is 0. The molecule has 0 atom stereocenters. The molecule has 0 amide bonds. The van der Waals surface area contributed by atoms with Crippen molar-refractivity contribution in [3.05, 3.63) is 42.6 Å². The first-order valence-electron chi connectivity index (χ1n) is 5.75. The van der Waals surface area contributed by atoms with Gasteiger partial charge in [-0.3, -0.25) is 0 Å². The number of imidazole rings is 1. The summed E-state index contributed by atoms with van der Waals surface area (Å²) in [5.74, 6) is 1.22. The SMILES string of the molecule is Cn1cccc1-c1n(C)c2ccccc2[n+]1C.[Cl-]. The van der Waals surface area contributed by atoms with Crippen LogP contribution in [0.15, 0.2) is 42.6 Å². The molecule has 0 bridgehead atoms. The minimum Gasteiger partial charge on any atom is -1.00 e. The first-order chi connectivity index (χ1) is 8.20. The number of halogens is 1. The topological polar surface area (TPSA) is 13.7 Å². The number of benzene rings is 1. The van der Waals surface area contributed by atoms with Crippen molar-refractivity contribution in [2.75, 3.05) is 0 Å². The van der Waals surface area contributed by atoms with Gasteiger partial charge >= 0.3 is 5.82 Å². The number of nitrogens with zero attached hydrogens (tertiary/aromatic N) is 3. The van der Waals surface area contributed by atoms with Gasteiger partial charge in [0.15, 0.2) is 11.0 Å². The number of para-hydroxylation sites is 2. The van der Waals surface area contributed by atoms with Gasteiger partial charge in [0.05, 0.1) is 14.1 Å². The number of hydrogen-bond donors (Lipinski definition) is 0. The van der Waals surface area contributed by atoms with Crippen LogP contribution in [0.2, 0.25) is 0 Å². The first kappa shape index (κ1) is 12.7. The highest BCUT2D eigenvalue weighted by Crippen LogP contribution is 2.21. The van der Waals surface area contributed by atoms with E-state index in [9.17, 15) is 0 Å². The van der Waals surface area contributed by atoms with Crippen molar-refractivity contribution in [3.8, 4) is 11.5 Å². The van der Waals surface area contributed by atoms with Gasteiger partial charge in [-0.15, -0.1) is 0 Å². The van der Waals surface area contributed by atoms with E-state index in [0.717, 1.165) is 0 Å². The van der Waals surface area contributed by atoms with Crippen LogP contribution >= 0.6 is 0 Å². The van der Waals surface area contributed by atoms with E-state index >= 15 is 0 Å². The lowest BCUT2D eigenvalue weighted by atomic mass is 10.3. The fourth-order valence-corrected chi connectivity index (χ4v) is 2.52. The molecule has 0 saturated heterocycles. The molecule has 0 aliphatic carbocycles.